The summed E-state index contributed by atoms with van der Waals surface area (Å²) >= 11 is -2.42. The summed E-state index contributed by atoms with van der Waals surface area (Å²) in [6.07, 6.45) is 4.03. The van der Waals surface area contributed by atoms with Crippen molar-refractivity contribution in [3.05, 3.63) is 47.4 Å². The van der Waals surface area contributed by atoms with Crippen LogP contribution in [0.1, 0.15) is 53.6 Å². The van der Waals surface area contributed by atoms with Gasteiger partial charge in [-0.25, -0.2) is 15.0 Å². The standard InChI is InChI=1S/C29H35N9O4S/c1-19-6-4-7-20-26(19)28(33-27(31-20)29(39)30-18-43(40)41)37-11-3-2-8-22(37)21-16-24-32-23(35-9-5-10-35)17-25(38(24)34-21)36-12-14-42-15-13-36/h4,6-7,16-17,22H,2-3,5,8-15,18H2,1H3,(H,30,39)(H,40,41)/p-1. The first-order valence-corrected chi connectivity index (χ1v) is 16.1. The number of hydrogen-bond donors (Lipinski definition) is 1. The van der Waals surface area contributed by atoms with Gasteiger partial charge in [0.25, 0.3) is 5.91 Å². The lowest BCUT2D eigenvalue weighted by Gasteiger charge is -2.36. The van der Waals surface area contributed by atoms with Gasteiger partial charge >= 0.3 is 0 Å². The minimum atomic E-state index is -2.42. The number of morpholine rings is 1. The van der Waals surface area contributed by atoms with E-state index < -0.39 is 22.9 Å². The molecule has 3 aromatic heterocycles. The Hall–Kier alpha value is -3.88. The van der Waals surface area contributed by atoms with Crippen LogP contribution >= 0.6 is 0 Å². The Kier molecular flexibility index (Phi) is 7.57. The zero-order chi connectivity index (χ0) is 29.5. The molecule has 3 saturated heterocycles. The summed E-state index contributed by atoms with van der Waals surface area (Å²) in [5.41, 5.74) is 3.33. The van der Waals surface area contributed by atoms with Crippen LogP contribution in [0.2, 0.25) is 0 Å². The number of carbonyl (C=O) groups is 1. The third-order valence-electron chi connectivity index (χ3n) is 8.51. The number of nitrogens with zero attached hydrogens (tertiary/aromatic N) is 8. The largest absolute Gasteiger partial charge is 0.771 e. The molecule has 3 aliphatic rings. The average Bonchev–Trinajstić information content (AvgIpc) is 3.43. The molecule has 0 saturated carbocycles. The number of amides is 1. The van der Waals surface area contributed by atoms with E-state index in [1.807, 2.05) is 29.6 Å². The maximum absolute atomic E-state index is 12.9. The van der Waals surface area contributed by atoms with E-state index in [9.17, 15) is 13.6 Å². The van der Waals surface area contributed by atoms with Crippen LogP contribution in [0.15, 0.2) is 30.3 Å². The second-order valence-electron chi connectivity index (χ2n) is 11.3. The van der Waals surface area contributed by atoms with Crippen LogP contribution in [0.25, 0.3) is 16.6 Å². The van der Waals surface area contributed by atoms with E-state index in [-0.39, 0.29) is 11.9 Å². The van der Waals surface area contributed by atoms with Crippen molar-refractivity contribution >= 4 is 51.0 Å². The Morgan fingerprint density at radius 1 is 1.05 bits per heavy atom. The minimum absolute atomic E-state index is 0.0617. The van der Waals surface area contributed by atoms with E-state index in [0.717, 1.165) is 85.9 Å². The normalized spacial score (nSPS) is 20.0. The van der Waals surface area contributed by atoms with Gasteiger partial charge in [0.15, 0.2) is 5.65 Å². The quantitative estimate of drug-likeness (QED) is 0.310. The van der Waals surface area contributed by atoms with E-state index in [2.05, 4.69) is 37.1 Å². The Balaban J connectivity index is 1.32. The number of anilines is 3. The molecule has 0 bridgehead atoms. The van der Waals surface area contributed by atoms with E-state index in [4.69, 9.17) is 19.8 Å². The molecule has 43 heavy (non-hydrogen) atoms. The topological polar surface area (TPSA) is 144 Å². The Morgan fingerprint density at radius 3 is 2.65 bits per heavy atom. The van der Waals surface area contributed by atoms with Gasteiger partial charge in [0.05, 0.1) is 36.3 Å². The molecule has 2 atom stereocenters. The Bertz CT molecular complexity index is 1700. The van der Waals surface area contributed by atoms with Crippen LogP contribution in [0.4, 0.5) is 17.5 Å². The molecule has 0 radical (unpaired) electrons. The zero-order valence-corrected chi connectivity index (χ0v) is 24.9. The minimum Gasteiger partial charge on any atom is -0.771 e. The molecule has 1 aromatic carbocycles. The van der Waals surface area contributed by atoms with Crippen LogP contribution in [0.3, 0.4) is 0 Å². The van der Waals surface area contributed by atoms with Gasteiger partial charge in [0.1, 0.15) is 17.5 Å². The molecule has 14 heteroatoms. The smallest absolute Gasteiger partial charge is 0.289 e. The van der Waals surface area contributed by atoms with Crippen LogP contribution in [-0.4, -0.2) is 91.0 Å². The van der Waals surface area contributed by atoms with Crippen molar-refractivity contribution in [3.63, 3.8) is 0 Å². The third-order valence-corrected chi connectivity index (χ3v) is 8.89. The van der Waals surface area contributed by atoms with Gasteiger partial charge < -0.3 is 29.3 Å². The summed E-state index contributed by atoms with van der Waals surface area (Å²) in [4.78, 5) is 34.1. The molecule has 0 spiro atoms. The first-order valence-electron chi connectivity index (χ1n) is 14.8. The van der Waals surface area contributed by atoms with Crippen molar-refractivity contribution in [2.75, 3.05) is 66.5 Å². The molecular formula is C29H34N9O4S-. The van der Waals surface area contributed by atoms with E-state index in [1.54, 1.807) is 0 Å². The number of hydrogen-bond acceptors (Lipinski definition) is 11. The fourth-order valence-corrected chi connectivity index (χ4v) is 6.44. The molecule has 7 rings (SSSR count). The van der Waals surface area contributed by atoms with Crippen molar-refractivity contribution < 1.29 is 18.3 Å². The SMILES string of the molecule is Cc1cccc2nc(C(=O)NCS(=O)[O-])nc(N3CCCCC3c3cc4nc(N5CCC5)cc(N5CCOCC5)n4n3)c12. The lowest BCUT2D eigenvalue weighted by molar-refractivity contribution is 0.0949. The molecule has 13 nitrogen and oxygen atoms in total. The van der Waals surface area contributed by atoms with Crippen molar-refractivity contribution in [2.24, 2.45) is 0 Å². The fourth-order valence-electron chi connectivity index (χ4n) is 6.19. The van der Waals surface area contributed by atoms with E-state index in [0.29, 0.717) is 24.5 Å². The monoisotopic (exact) mass is 604 g/mol. The molecule has 3 fully saturated rings. The Morgan fingerprint density at radius 2 is 1.88 bits per heavy atom. The van der Waals surface area contributed by atoms with Gasteiger partial charge in [-0.15, -0.1) is 0 Å². The summed E-state index contributed by atoms with van der Waals surface area (Å²) in [5.74, 6) is 1.44. The van der Waals surface area contributed by atoms with Crippen molar-refractivity contribution in [3.8, 4) is 0 Å². The molecule has 226 valence electrons. The number of aryl methyl sites for hydroxylation is 1. The number of aromatic nitrogens is 5. The van der Waals surface area contributed by atoms with E-state index in [1.165, 1.54) is 6.42 Å². The summed E-state index contributed by atoms with van der Waals surface area (Å²) in [6.45, 7) is 7.68. The van der Waals surface area contributed by atoms with Crippen LogP contribution < -0.4 is 20.0 Å². The number of fused-ring (bicyclic) bond motifs is 2. The number of piperidine rings is 1. The second kappa shape index (κ2) is 11.7. The molecular weight excluding hydrogens is 570 g/mol. The highest BCUT2D eigenvalue weighted by Crippen LogP contribution is 2.39. The number of ether oxygens (including phenoxy) is 1. The zero-order valence-electron chi connectivity index (χ0n) is 24.1. The maximum atomic E-state index is 12.9. The lowest BCUT2D eigenvalue weighted by atomic mass is 9.98. The molecule has 4 aromatic rings. The predicted octanol–water partition coefficient (Wildman–Crippen LogP) is 2.33. The molecule has 6 heterocycles. The summed E-state index contributed by atoms with van der Waals surface area (Å²) in [5, 5.41) is 8.42. The predicted molar refractivity (Wildman–Crippen MR) is 162 cm³/mol. The van der Waals surface area contributed by atoms with Crippen molar-refractivity contribution in [1.82, 2.24) is 29.9 Å². The Labute approximate surface area is 251 Å². The molecule has 1 amide bonds. The first-order chi connectivity index (χ1) is 21.0. The summed E-state index contributed by atoms with van der Waals surface area (Å²) in [6, 6.07) is 9.90. The number of carbonyl (C=O) groups excluding carboxylic acids is 1. The van der Waals surface area contributed by atoms with E-state index >= 15 is 0 Å². The van der Waals surface area contributed by atoms with Gasteiger partial charge in [-0.2, -0.15) is 9.61 Å². The van der Waals surface area contributed by atoms with Gasteiger partial charge in [0.2, 0.25) is 5.82 Å². The molecule has 0 aliphatic carbocycles. The van der Waals surface area contributed by atoms with Crippen molar-refractivity contribution in [2.45, 2.75) is 38.6 Å². The summed E-state index contributed by atoms with van der Waals surface area (Å²) in [7, 11) is 0. The lowest BCUT2D eigenvalue weighted by Crippen LogP contribution is -2.40. The second-order valence-corrected chi connectivity index (χ2v) is 12.1. The molecule has 2 unspecified atom stereocenters. The van der Waals surface area contributed by atoms with Gasteiger partial charge in [0, 0.05) is 50.2 Å². The highest BCUT2D eigenvalue weighted by Gasteiger charge is 2.31. The van der Waals surface area contributed by atoms with Crippen LogP contribution in [0, 0.1) is 6.92 Å². The molecule has 1 N–H and O–H groups in total. The van der Waals surface area contributed by atoms with Gasteiger partial charge in [-0.05, 0) is 55.3 Å². The summed E-state index contributed by atoms with van der Waals surface area (Å²) < 4.78 is 29.8. The van der Waals surface area contributed by atoms with Crippen LogP contribution in [0.5, 0.6) is 0 Å². The number of rotatable bonds is 7. The van der Waals surface area contributed by atoms with Gasteiger partial charge in [-0.3, -0.25) is 9.00 Å². The average molecular weight is 605 g/mol. The highest BCUT2D eigenvalue weighted by atomic mass is 32.2. The fraction of sp³-hybridized carbons (Fsp3) is 0.483. The number of benzene rings is 1. The first kappa shape index (κ1) is 27.9. The molecule has 3 aliphatic heterocycles. The third kappa shape index (κ3) is 5.38. The van der Waals surface area contributed by atoms with Crippen molar-refractivity contribution in [1.29, 1.82) is 0 Å². The highest BCUT2D eigenvalue weighted by molar-refractivity contribution is 7.79. The van der Waals surface area contributed by atoms with Gasteiger partial charge in [-0.1, -0.05) is 12.1 Å². The maximum Gasteiger partial charge on any atom is 0.289 e. The number of nitrogens with one attached hydrogen (secondary N) is 1. The van der Waals surface area contributed by atoms with Crippen LogP contribution in [-0.2, 0) is 15.8 Å².